The molecule has 6 heteroatoms. The summed E-state index contributed by atoms with van der Waals surface area (Å²) >= 11 is 0. The van der Waals surface area contributed by atoms with Crippen LogP contribution in [0.5, 0.6) is 0 Å². The normalized spacial score (nSPS) is 10.8. The van der Waals surface area contributed by atoms with Gasteiger partial charge in [0.1, 0.15) is 11.6 Å². The fourth-order valence-corrected chi connectivity index (χ4v) is 3.79. The van der Waals surface area contributed by atoms with Crippen LogP contribution in [0.2, 0.25) is 0 Å². The lowest BCUT2D eigenvalue weighted by Gasteiger charge is -2.20. The van der Waals surface area contributed by atoms with Crippen molar-refractivity contribution in [2.24, 2.45) is 0 Å². The van der Waals surface area contributed by atoms with E-state index in [-0.39, 0.29) is 24.0 Å². The number of nitrogens with zero attached hydrogens (tertiary/aromatic N) is 3. The number of rotatable bonds is 5. The first-order valence-corrected chi connectivity index (χ1v) is 9.59. The first-order chi connectivity index (χ1) is 14.0. The van der Waals surface area contributed by atoms with Gasteiger partial charge in [0.05, 0.1) is 24.3 Å². The molecule has 0 saturated carbocycles. The minimum absolute atomic E-state index is 0. The van der Waals surface area contributed by atoms with Crippen LogP contribution in [0.1, 0.15) is 22.5 Å². The summed E-state index contributed by atoms with van der Waals surface area (Å²) < 4.78 is 29.7. The first kappa shape index (κ1) is 21.8. The Hall–Kier alpha value is -2.92. The highest BCUT2D eigenvalue weighted by atomic mass is 35.5. The van der Waals surface area contributed by atoms with Gasteiger partial charge in [0.2, 0.25) is 0 Å². The molecule has 30 heavy (non-hydrogen) atoms. The third-order valence-corrected chi connectivity index (χ3v) is 5.56. The molecule has 2 aromatic heterocycles. The van der Waals surface area contributed by atoms with Crippen LogP contribution in [0.4, 0.5) is 14.5 Å². The van der Waals surface area contributed by atoms with Crippen molar-refractivity contribution in [1.29, 1.82) is 0 Å². The summed E-state index contributed by atoms with van der Waals surface area (Å²) in [7, 11) is 1.96. The van der Waals surface area contributed by atoms with E-state index in [4.69, 9.17) is 0 Å². The molecule has 0 bridgehead atoms. The summed E-state index contributed by atoms with van der Waals surface area (Å²) in [4.78, 5) is 6.67. The number of halogens is 3. The van der Waals surface area contributed by atoms with Crippen LogP contribution in [0.3, 0.4) is 0 Å². The molecular weight excluding hydrogens is 404 g/mol. The number of hydrogen-bond acceptors (Lipinski definition) is 2. The second-order valence-corrected chi connectivity index (χ2v) is 7.37. The highest BCUT2D eigenvalue weighted by Crippen LogP contribution is 2.29. The second kappa shape index (κ2) is 8.84. The lowest BCUT2D eigenvalue weighted by Crippen LogP contribution is -2.18. The molecule has 0 amide bonds. The van der Waals surface area contributed by atoms with Gasteiger partial charge in [0.25, 0.3) is 0 Å². The van der Waals surface area contributed by atoms with Gasteiger partial charge in [-0.3, -0.25) is 4.98 Å². The zero-order valence-corrected chi connectivity index (χ0v) is 18.0. The molecule has 0 saturated heterocycles. The van der Waals surface area contributed by atoms with E-state index >= 15 is 0 Å². The van der Waals surface area contributed by atoms with Crippen LogP contribution in [0.15, 0.2) is 60.8 Å². The largest absolute Gasteiger partial charge is 0.369 e. The van der Waals surface area contributed by atoms with Gasteiger partial charge in [-0.05, 0) is 55.8 Å². The Kier molecular flexibility index (Phi) is 6.42. The van der Waals surface area contributed by atoms with E-state index in [0.29, 0.717) is 18.7 Å². The molecule has 0 aliphatic carbocycles. The molecule has 0 spiro atoms. The maximum Gasteiger partial charge on any atom is 0.128 e. The minimum Gasteiger partial charge on any atom is -0.369 e. The summed E-state index contributed by atoms with van der Waals surface area (Å²) in [6.45, 7) is 5.15. The highest BCUT2D eigenvalue weighted by Gasteiger charge is 2.17. The standard InChI is InChI=1S/C24H23F2N3.ClH/c1-16-17(2)29(14-18-6-4-5-7-22(18)26)24-21(16)12-13-27-23(24)15-28(3)20-10-8-19(25)9-11-20;/h4-13H,14-15H2,1-3H3;1H. The number of aryl methyl sites for hydroxylation is 1. The molecule has 2 heterocycles. The fraction of sp³-hybridized carbons (Fsp3) is 0.208. The lowest BCUT2D eigenvalue weighted by atomic mass is 10.1. The second-order valence-electron chi connectivity index (χ2n) is 7.37. The minimum atomic E-state index is -0.257. The molecule has 3 nitrogen and oxygen atoms in total. The van der Waals surface area contributed by atoms with E-state index in [2.05, 4.69) is 23.4 Å². The molecule has 0 fully saturated rings. The van der Waals surface area contributed by atoms with Gasteiger partial charge in [-0.1, -0.05) is 18.2 Å². The van der Waals surface area contributed by atoms with Gasteiger partial charge >= 0.3 is 0 Å². The zero-order chi connectivity index (χ0) is 20.5. The van der Waals surface area contributed by atoms with Gasteiger partial charge in [-0.15, -0.1) is 12.4 Å². The van der Waals surface area contributed by atoms with Crippen LogP contribution in [0.25, 0.3) is 10.9 Å². The van der Waals surface area contributed by atoms with Crippen LogP contribution >= 0.6 is 12.4 Å². The van der Waals surface area contributed by atoms with Crippen molar-refractivity contribution >= 4 is 29.0 Å². The predicted octanol–water partition coefficient (Wildman–Crippen LogP) is 6.04. The van der Waals surface area contributed by atoms with E-state index in [1.807, 2.05) is 36.3 Å². The van der Waals surface area contributed by atoms with Crippen molar-refractivity contribution in [3.8, 4) is 0 Å². The molecule has 4 aromatic rings. The third-order valence-electron chi connectivity index (χ3n) is 5.56. The highest BCUT2D eigenvalue weighted by molar-refractivity contribution is 5.87. The van der Waals surface area contributed by atoms with Crippen LogP contribution in [0, 0.1) is 25.5 Å². The molecule has 0 unspecified atom stereocenters. The summed E-state index contributed by atoms with van der Waals surface area (Å²) in [6, 6.07) is 15.3. The Morgan fingerprint density at radius 3 is 2.37 bits per heavy atom. The number of pyridine rings is 1. The van der Waals surface area contributed by atoms with E-state index in [1.54, 1.807) is 18.2 Å². The van der Waals surface area contributed by atoms with Gasteiger partial charge < -0.3 is 9.47 Å². The van der Waals surface area contributed by atoms with Crippen molar-refractivity contribution in [2.75, 3.05) is 11.9 Å². The van der Waals surface area contributed by atoms with Crippen LogP contribution in [-0.4, -0.2) is 16.6 Å². The maximum absolute atomic E-state index is 14.3. The Balaban J connectivity index is 0.00000256. The maximum atomic E-state index is 14.3. The Labute approximate surface area is 181 Å². The van der Waals surface area contributed by atoms with Crippen molar-refractivity contribution in [3.63, 3.8) is 0 Å². The molecule has 0 N–H and O–H groups in total. The number of anilines is 1. The smallest absolute Gasteiger partial charge is 0.128 e. The van der Waals surface area contributed by atoms with Crippen molar-refractivity contribution in [2.45, 2.75) is 26.9 Å². The summed E-state index contributed by atoms with van der Waals surface area (Å²) in [5.41, 5.74) is 5.74. The van der Waals surface area contributed by atoms with Gasteiger partial charge in [0, 0.05) is 35.6 Å². The Bertz CT molecular complexity index is 1170. The van der Waals surface area contributed by atoms with E-state index in [0.717, 1.165) is 28.0 Å². The monoisotopic (exact) mass is 427 g/mol. The number of benzene rings is 2. The SMILES string of the molecule is Cc1c(C)n(Cc2ccccc2F)c2c(CN(C)c3ccc(F)cc3)nccc12.Cl. The lowest BCUT2D eigenvalue weighted by molar-refractivity contribution is 0.600. The third kappa shape index (κ3) is 4.03. The Morgan fingerprint density at radius 1 is 0.967 bits per heavy atom. The van der Waals surface area contributed by atoms with Gasteiger partial charge in [-0.2, -0.15) is 0 Å². The molecular formula is C24H24ClF2N3. The number of fused-ring (bicyclic) bond motifs is 1. The van der Waals surface area contributed by atoms with E-state index < -0.39 is 0 Å². The topological polar surface area (TPSA) is 21.1 Å². The quantitative estimate of drug-likeness (QED) is 0.387. The summed E-state index contributed by atoms with van der Waals surface area (Å²) in [5, 5.41) is 1.12. The Morgan fingerprint density at radius 2 is 1.67 bits per heavy atom. The molecule has 0 radical (unpaired) electrons. The number of aromatic nitrogens is 2. The molecule has 0 aliphatic heterocycles. The average molecular weight is 428 g/mol. The van der Waals surface area contributed by atoms with E-state index in [9.17, 15) is 8.78 Å². The number of hydrogen-bond donors (Lipinski definition) is 0. The molecule has 156 valence electrons. The van der Waals surface area contributed by atoms with Crippen molar-refractivity contribution in [3.05, 3.63) is 94.9 Å². The summed E-state index contributed by atoms with van der Waals surface area (Å²) in [5.74, 6) is -0.465. The predicted molar refractivity (Wildman–Crippen MR) is 120 cm³/mol. The average Bonchev–Trinajstić information content (AvgIpc) is 2.96. The van der Waals surface area contributed by atoms with Gasteiger partial charge in [0.15, 0.2) is 0 Å². The first-order valence-electron chi connectivity index (χ1n) is 9.59. The molecule has 0 aliphatic rings. The molecule has 2 aromatic carbocycles. The molecule has 0 atom stereocenters. The van der Waals surface area contributed by atoms with Crippen molar-refractivity contribution in [1.82, 2.24) is 9.55 Å². The van der Waals surface area contributed by atoms with Gasteiger partial charge in [-0.25, -0.2) is 8.78 Å². The van der Waals surface area contributed by atoms with Crippen molar-refractivity contribution < 1.29 is 8.78 Å². The van der Waals surface area contributed by atoms with Crippen LogP contribution in [-0.2, 0) is 13.1 Å². The summed E-state index contributed by atoms with van der Waals surface area (Å²) in [6.07, 6.45) is 1.82. The van der Waals surface area contributed by atoms with E-state index in [1.165, 1.54) is 23.8 Å². The van der Waals surface area contributed by atoms with Crippen LogP contribution < -0.4 is 4.90 Å². The fourth-order valence-electron chi connectivity index (χ4n) is 3.79. The molecule has 4 rings (SSSR count). The zero-order valence-electron chi connectivity index (χ0n) is 17.2.